The van der Waals surface area contributed by atoms with Gasteiger partial charge >= 0.3 is 0 Å². The van der Waals surface area contributed by atoms with Crippen molar-refractivity contribution in [3.63, 3.8) is 0 Å². The van der Waals surface area contributed by atoms with E-state index < -0.39 is 0 Å². The average molecular weight is 185 g/mol. The summed E-state index contributed by atoms with van der Waals surface area (Å²) in [6.07, 6.45) is 6.57. The Morgan fingerprint density at radius 2 is 2.36 bits per heavy atom. The van der Waals surface area contributed by atoms with Gasteiger partial charge in [0.1, 0.15) is 5.52 Å². The van der Waals surface area contributed by atoms with E-state index in [9.17, 15) is 0 Å². The second kappa shape index (κ2) is 3.55. The van der Waals surface area contributed by atoms with Crippen molar-refractivity contribution in [1.29, 1.82) is 0 Å². The maximum Gasteiger partial charge on any atom is 0.196 e. The first-order valence-corrected chi connectivity index (χ1v) is 4.60. The number of hydrogen-bond donors (Lipinski definition) is 0. The lowest BCUT2D eigenvalue weighted by Gasteiger charge is -1.88. The SMILES string of the molecule is C#CCCc1nc2c(C)cccc2o1. The van der Waals surface area contributed by atoms with Crippen molar-refractivity contribution in [2.24, 2.45) is 0 Å². The molecule has 1 aromatic carbocycles. The topological polar surface area (TPSA) is 26.0 Å². The number of benzene rings is 1. The smallest absolute Gasteiger partial charge is 0.196 e. The zero-order valence-corrected chi connectivity index (χ0v) is 8.08. The number of oxazole rings is 1. The monoisotopic (exact) mass is 185 g/mol. The van der Waals surface area contributed by atoms with Crippen LogP contribution in [-0.4, -0.2) is 4.98 Å². The van der Waals surface area contributed by atoms with Crippen LogP contribution in [0.5, 0.6) is 0 Å². The summed E-state index contributed by atoms with van der Waals surface area (Å²) >= 11 is 0. The number of aryl methyl sites for hydroxylation is 2. The summed E-state index contributed by atoms with van der Waals surface area (Å²) in [5.74, 6) is 3.30. The number of terminal acetylenes is 1. The van der Waals surface area contributed by atoms with Crippen LogP contribution in [0, 0.1) is 19.3 Å². The highest BCUT2D eigenvalue weighted by Gasteiger charge is 2.05. The summed E-state index contributed by atoms with van der Waals surface area (Å²) in [5.41, 5.74) is 2.93. The fourth-order valence-corrected chi connectivity index (χ4v) is 1.42. The molecule has 0 aliphatic rings. The third-order valence-electron chi connectivity index (χ3n) is 2.15. The van der Waals surface area contributed by atoms with Gasteiger partial charge < -0.3 is 4.42 Å². The fraction of sp³-hybridized carbons (Fsp3) is 0.250. The van der Waals surface area contributed by atoms with Crippen LogP contribution in [0.1, 0.15) is 17.9 Å². The molecule has 0 N–H and O–H groups in total. The van der Waals surface area contributed by atoms with Crippen LogP contribution >= 0.6 is 0 Å². The Bertz CT molecular complexity index is 490. The van der Waals surface area contributed by atoms with Crippen molar-refractivity contribution in [1.82, 2.24) is 4.98 Å². The van der Waals surface area contributed by atoms with Gasteiger partial charge in [-0.05, 0) is 18.6 Å². The van der Waals surface area contributed by atoms with Crippen LogP contribution in [0.2, 0.25) is 0 Å². The van der Waals surface area contributed by atoms with Gasteiger partial charge in [0.15, 0.2) is 11.5 Å². The lowest BCUT2D eigenvalue weighted by molar-refractivity contribution is 0.531. The molecule has 14 heavy (non-hydrogen) atoms. The van der Waals surface area contributed by atoms with E-state index in [1.165, 1.54) is 0 Å². The average Bonchev–Trinajstić information content (AvgIpc) is 2.59. The van der Waals surface area contributed by atoms with Crippen LogP contribution in [-0.2, 0) is 6.42 Å². The standard InChI is InChI=1S/C12H11NO/c1-3-4-8-11-13-12-9(2)6-5-7-10(12)14-11/h1,5-7H,4,8H2,2H3. The lowest BCUT2D eigenvalue weighted by atomic mass is 10.2. The Morgan fingerprint density at radius 1 is 1.50 bits per heavy atom. The molecule has 2 nitrogen and oxygen atoms in total. The molecule has 2 aromatic rings. The second-order valence-corrected chi connectivity index (χ2v) is 3.23. The molecule has 2 rings (SSSR count). The first kappa shape index (κ1) is 8.83. The van der Waals surface area contributed by atoms with Crippen LogP contribution in [0.15, 0.2) is 22.6 Å². The molecule has 0 radical (unpaired) electrons. The van der Waals surface area contributed by atoms with Crippen LogP contribution in [0.3, 0.4) is 0 Å². The van der Waals surface area contributed by atoms with Gasteiger partial charge in [-0.15, -0.1) is 12.3 Å². The molecule has 0 amide bonds. The minimum absolute atomic E-state index is 0.672. The minimum Gasteiger partial charge on any atom is -0.441 e. The predicted molar refractivity (Wildman–Crippen MR) is 55.9 cm³/mol. The quantitative estimate of drug-likeness (QED) is 0.672. The third kappa shape index (κ3) is 1.49. The Balaban J connectivity index is 2.42. The molecule has 1 aromatic heterocycles. The largest absolute Gasteiger partial charge is 0.441 e. The van der Waals surface area contributed by atoms with Crippen molar-refractivity contribution in [2.75, 3.05) is 0 Å². The zero-order valence-electron chi connectivity index (χ0n) is 8.08. The molecule has 0 atom stereocenters. The van der Waals surface area contributed by atoms with Crippen molar-refractivity contribution >= 4 is 11.1 Å². The highest BCUT2D eigenvalue weighted by molar-refractivity contribution is 5.76. The van der Waals surface area contributed by atoms with E-state index in [1.807, 2.05) is 25.1 Å². The van der Waals surface area contributed by atoms with Crippen molar-refractivity contribution < 1.29 is 4.42 Å². The molecular weight excluding hydrogens is 174 g/mol. The minimum atomic E-state index is 0.672. The van der Waals surface area contributed by atoms with Crippen LogP contribution < -0.4 is 0 Å². The molecule has 70 valence electrons. The van der Waals surface area contributed by atoms with E-state index in [0.717, 1.165) is 22.6 Å². The van der Waals surface area contributed by atoms with Crippen molar-refractivity contribution in [2.45, 2.75) is 19.8 Å². The molecule has 0 fully saturated rings. The first-order chi connectivity index (χ1) is 6.81. The van der Waals surface area contributed by atoms with Crippen LogP contribution in [0.4, 0.5) is 0 Å². The van der Waals surface area contributed by atoms with Crippen molar-refractivity contribution in [3.8, 4) is 12.3 Å². The van der Waals surface area contributed by atoms with Gasteiger partial charge in [0, 0.05) is 12.8 Å². The van der Waals surface area contributed by atoms with E-state index >= 15 is 0 Å². The molecule has 0 bridgehead atoms. The Labute approximate surface area is 83.0 Å². The summed E-state index contributed by atoms with van der Waals surface area (Å²) in [5, 5.41) is 0. The zero-order chi connectivity index (χ0) is 9.97. The van der Waals surface area contributed by atoms with Gasteiger partial charge in [0.25, 0.3) is 0 Å². The number of rotatable bonds is 2. The molecular formula is C12H11NO. The maximum atomic E-state index is 5.54. The van der Waals surface area contributed by atoms with Gasteiger partial charge in [-0.1, -0.05) is 12.1 Å². The summed E-state index contributed by atoms with van der Waals surface area (Å²) in [4.78, 5) is 4.39. The molecule has 1 heterocycles. The lowest BCUT2D eigenvalue weighted by Crippen LogP contribution is -1.82. The third-order valence-corrected chi connectivity index (χ3v) is 2.15. The number of hydrogen-bond acceptors (Lipinski definition) is 2. The number of fused-ring (bicyclic) bond motifs is 1. The van der Waals surface area contributed by atoms with E-state index in [-0.39, 0.29) is 0 Å². The Hall–Kier alpha value is -1.75. The summed E-state index contributed by atoms with van der Waals surface area (Å²) in [6, 6.07) is 5.92. The van der Waals surface area contributed by atoms with E-state index in [0.29, 0.717) is 12.8 Å². The molecule has 0 unspecified atom stereocenters. The molecule has 0 aliphatic heterocycles. The summed E-state index contributed by atoms with van der Waals surface area (Å²) in [6.45, 7) is 2.02. The summed E-state index contributed by atoms with van der Waals surface area (Å²) < 4.78 is 5.54. The molecule has 2 heteroatoms. The molecule has 0 aliphatic carbocycles. The van der Waals surface area contributed by atoms with Gasteiger partial charge in [-0.3, -0.25) is 0 Å². The van der Waals surface area contributed by atoms with Gasteiger partial charge in [-0.25, -0.2) is 4.98 Å². The number of para-hydroxylation sites is 1. The number of aromatic nitrogens is 1. The maximum absolute atomic E-state index is 5.54. The van der Waals surface area contributed by atoms with Gasteiger partial charge in [0.05, 0.1) is 0 Å². The number of nitrogens with zero attached hydrogens (tertiary/aromatic N) is 1. The first-order valence-electron chi connectivity index (χ1n) is 4.60. The van der Waals surface area contributed by atoms with Crippen molar-refractivity contribution in [3.05, 3.63) is 29.7 Å². The molecule has 0 saturated heterocycles. The van der Waals surface area contributed by atoms with Gasteiger partial charge in [0.2, 0.25) is 0 Å². The summed E-state index contributed by atoms with van der Waals surface area (Å²) in [7, 11) is 0. The molecule has 0 spiro atoms. The Kier molecular flexibility index (Phi) is 2.24. The van der Waals surface area contributed by atoms with Gasteiger partial charge in [-0.2, -0.15) is 0 Å². The normalized spacial score (nSPS) is 10.3. The van der Waals surface area contributed by atoms with Crippen LogP contribution in [0.25, 0.3) is 11.1 Å². The van der Waals surface area contributed by atoms with E-state index in [2.05, 4.69) is 10.9 Å². The Morgan fingerprint density at radius 3 is 3.07 bits per heavy atom. The fourth-order valence-electron chi connectivity index (χ4n) is 1.42. The van der Waals surface area contributed by atoms with E-state index in [1.54, 1.807) is 0 Å². The van der Waals surface area contributed by atoms with E-state index in [4.69, 9.17) is 10.8 Å². The second-order valence-electron chi connectivity index (χ2n) is 3.23. The molecule has 0 saturated carbocycles. The predicted octanol–water partition coefficient (Wildman–Crippen LogP) is 2.70. The highest BCUT2D eigenvalue weighted by atomic mass is 16.3. The highest BCUT2D eigenvalue weighted by Crippen LogP contribution is 2.19.